The molecule has 0 radical (unpaired) electrons. The molecule has 2 nitrogen and oxygen atoms in total. The predicted molar refractivity (Wildman–Crippen MR) is 73.8 cm³/mol. The quantitative estimate of drug-likeness (QED) is 0.838. The first-order valence-electron chi connectivity index (χ1n) is 5.42. The lowest BCUT2D eigenvalue weighted by Gasteiger charge is -1.97. The highest BCUT2D eigenvalue weighted by atomic mass is 35.5. The van der Waals surface area contributed by atoms with Crippen LogP contribution in [-0.2, 0) is 0 Å². The second-order valence-corrected chi connectivity index (χ2v) is 4.25. The molecule has 0 heterocycles. The van der Waals surface area contributed by atoms with Crippen molar-refractivity contribution in [2.45, 2.75) is 0 Å². The van der Waals surface area contributed by atoms with Crippen LogP contribution >= 0.6 is 11.6 Å². The number of rotatable bonds is 3. The Labute approximate surface area is 110 Å². The van der Waals surface area contributed by atoms with Crippen LogP contribution in [0.15, 0.2) is 48.5 Å². The monoisotopic (exact) mass is 258 g/mol. The molecule has 90 valence electrons. The molecule has 1 N–H and O–H groups in total. The minimum atomic E-state index is -0.914. The number of aromatic carboxylic acids is 1. The molecule has 0 saturated heterocycles. The molecule has 0 spiro atoms. The molecule has 2 aromatic rings. The van der Waals surface area contributed by atoms with Gasteiger partial charge in [0.05, 0.1) is 5.56 Å². The Kier molecular flexibility index (Phi) is 3.80. The number of halogens is 1. The largest absolute Gasteiger partial charge is 0.478 e. The smallest absolute Gasteiger partial charge is 0.335 e. The second-order valence-electron chi connectivity index (χ2n) is 3.81. The van der Waals surface area contributed by atoms with Crippen LogP contribution in [0.25, 0.3) is 12.2 Å². The zero-order chi connectivity index (χ0) is 13.0. The van der Waals surface area contributed by atoms with Gasteiger partial charge in [-0.2, -0.15) is 0 Å². The summed E-state index contributed by atoms with van der Waals surface area (Å²) in [6.07, 6.45) is 3.88. The lowest BCUT2D eigenvalue weighted by molar-refractivity contribution is 0.0697. The Morgan fingerprint density at radius 3 is 1.78 bits per heavy atom. The van der Waals surface area contributed by atoms with Crippen LogP contribution in [0.2, 0.25) is 5.02 Å². The van der Waals surface area contributed by atoms with Crippen molar-refractivity contribution in [3.8, 4) is 0 Å². The number of carboxylic acid groups (broad SMARTS) is 1. The van der Waals surface area contributed by atoms with Gasteiger partial charge in [-0.05, 0) is 35.4 Å². The molecule has 18 heavy (non-hydrogen) atoms. The van der Waals surface area contributed by atoms with Crippen LogP contribution in [0.1, 0.15) is 21.5 Å². The SMILES string of the molecule is O=C(O)c1ccc(/C=C\c2ccc(Cl)cc2)cc1. The van der Waals surface area contributed by atoms with Crippen LogP contribution in [-0.4, -0.2) is 11.1 Å². The Balaban J connectivity index is 2.13. The predicted octanol–water partition coefficient (Wildman–Crippen LogP) is 4.21. The van der Waals surface area contributed by atoms with E-state index < -0.39 is 5.97 Å². The minimum absolute atomic E-state index is 0.290. The van der Waals surface area contributed by atoms with Crippen LogP contribution in [0.4, 0.5) is 0 Å². The second kappa shape index (κ2) is 5.52. The average Bonchev–Trinajstić information content (AvgIpc) is 2.38. The van der Waals surface area contributed by atoms with Crippen molar-refractivity contribution in [2.24, 2.45) is 0 Å². The normalized spacial score (nSPS) is 10.7. The summed E-state index contributed by atoms with van der Waals surface area (Å²) < 4.78 is 0. The topological polar surface area (TPSA) is 37.3 Å². The van der Waals surface area contributed by atoms with E-state index in [1.807, 2.05) is 36.4 Å². The molecule has 0 saturated carbocycles. The first kappa shape index (κ1) is 12.4. The van der Waals surface area contributed by atoms with Gasteiger partial charge in [0.2, 0.25) is 0 Å². The third-order valence-corrected chi connectivity index (χ3v) is 2.75. The highest BCUT2D eigenvalue weighted by molar-refractivity contribution is 6.30. The van der Waals surface area contributed by atoms with E-state index in [4.69, 9.17) is 16.7 Å². The maximum atomic E-state index is 10.7. The van der Waals surface area contributed by atoms with E-state index in [1.54, 1.807) is 24.3 Å². The average molecular weight is 259 g/mol. The van der Waals surface area contributed by atoms with Crippen LogP contribution in [0, 0.1) is 0 Å². The third kappa shape index (κ3) is 3.22. The summed E-state index contributed by atoms with van der Waals surface area (Å²) in [5.74, 6) is -0.914. The summed E-state index contributed by atoms with van der Waals surface area (Å²) in [4.78, 5) is 10.7. The minimum Gasteiger partial charge on any atom is -0.478 e. The van der Waals surface area contributed by atoms with Crippen molar-refractivity contribution in [3.63, 3.8) is 0 Å². The van der Waals surface area contributed by atoms with Gasteiger partial charge in [-0.3, -0.25) is 0 Å². The molecule has 0 atom stereocenters. The zero-order valence-corrected chi connectivity index (χ0v) is 10.3. The van der Waals surface area contributed by atoms with Gasteiger partial charge in [0, 0.05) is 5.02 Å². The molecule has 0 aromatic heterocycles. The van der Waals surface area contributed by atoms with Crippen molar-refractivity contribution in [3.05, 3.63) is 70.2 Å². The molecule has 3 heteroatoms. The molecule has 0 aliphatic carbocycles. The third-order valence-electron chi connectivity index (χ3n) is 2.50. The lowest BCUT2D eigenvalue weighted by atomic mass is 10.1. The summed E-state index contributed by atoms with van der Waals surface area (Å²) in [6.45, 7) is 0. The van der Waals surface area contributed by atoms with Crippen LogP contribution in [0.5, 0.6) is 0 Å². The van der Waals surface area contributed by atoms with Crippen LogP contribution in [0.3, 0.4) is 0 Å². The number of carbonyl (C=O) groups is 1. The standard InChI is InChI=1S/C15H11ClO2/c16-14-9-5-12(6-10-14)2-1-11-3-7-13(8-4-11)15(17)18/h1-10H,(H,17,18)/b2-1-. The van der Waals surface area contributed by atoms with Crippen molar-refractivity contribution in [1.29, 1.82) is 0 Å². The van der Waals surface area contributed by atoms with E-state index in [2.05, 4.69) is 0 Å². The molecule has 0 fully saturated rings. The van der Waals surface area contributed by atoms with E-state index in [0.717, 1.165) is 11.1 Å². The van der Waals surface area contributed by atoms with Crippen molar-refractivity contribution in [1.82, 2.24) is 0 Å². The summed E-state index contributed by atoms with van der Waals surface area (Å²) >= 11 is 5.80. The fourth-order valence-corrected chi connectivity index (χ4v) is 1.63. The van der Waals surface area contributed by atoms with Crippen LogP contribution < -0.4 is 0 Å². The number of hydrogen-bond donors (Lipinski definition) is 1. The molecule has 2 rings (SSSR count). The van der Waals surface area contributed by atoms with Crippen molar-refractivity contribution in [2.75, 3.05) is 0 Å². The van der Waals surface area contributed by atoms with Gasteiger partial charge in [0.1, 0.15) is 0 Å². The van der Waals surface area contributed by atoms with Gasteiger partial charge in [0.15, 0.2) is 0 Å². The molecule has 2 aromatic carbocycles. The summed E-state index contributed by atoms with van der Waals surface area (Å²) in [6, 6.07) is 14.2. The van der Waals surface area contributed by atoms with Gasteiger partial charge in [0.25, 0.3) is 0 Å². The first-order valence-corrected chi connectivity index (χ1v) is 5.80. The fraction of sp³-hybridized carbons (Fsp3) is 0. The summed E-state index contributed by atoms with van der Waals surface area (Å²) in [7, 11) is 0. The highest BCUT2D eigenvalue weighted by Gasteiger charge is 1.99. The summed E-state index contributed by atoms with van der Waals surface area (Å²) in [5.41, 5.74) is 2.29. The zero-order valence-electron chi connectivity index (χ0n) is 9.51. The van der Waals surface area contributed by atoms with Gasteiger partial charge in [-0.25, -0.2) is 4.79 Å². The van der Waals surface area contributed by atoms with Gasteiger partial charge in [-0.1, -0.05) is 48.0 Å². The van der Waals surface area contributed by atoms with Gasteiger partial charge in [-0.15, -0.1) is 0 Å². The Hall–Kier alpha value is -2.06. The lowest BCUT2D eigenvalue weighted by Crippen LogP contribution is -1.94. The molecular weight excluding hydrogens is 248 g/mol. The fourth-order valence-electron chi connectivity index (χ4n) is 1.50. The molecule has 0 amide bonds. The van der Waals surface area contributed by atoms with Gasteiger partial charge >= 0.3 is 5.97 Å². The highest BCUT2D eigenvalue weighted by Crippen LogP contribution is 2.13. The number of carboxylic acids is 1. The molecule has 0 aliphatic heterocycles. The van der Waals surface area contributed by atoms with E-state index >= 15 is 0 Å². The Morgan fingerprint density at radius 1 is 0.889 bits per heavy atom. The van der Waals surface area contributed by atoms with Crippen molar-refractivity contribution >= 4 is 29.7 Å². The van der Waals surface area contributed by atoms with E-state index in [-0.39, 0.29) is 0 Å². The molecule has 0 aliphatic rings. The maximum Gasteiger partial charge on any atom is 0.335 e. The van der Waals surface area contributed by atoms with E-state index in [9.17, 15) is 4.79 Å². The summed E-state index contributed by atoms with van der Waals surface area (Å²) in [5, 5.41) is 9.49. The first-order chi connectivity index (χ1) is 8.65. The Bertz CT molecular complexity index is 568. The molecule has 0 unspecified atom stereocenters. The molecule has 0 bridgehead atoms. The van der Waals surface area contributed by atoms with E-state index in [1.165, 1.54) is 0 Å². The maximum absolute atomic E-state index is 10.7. The van der Waals surface area contributed by atoms with Crippen molar-refractivity contribution < 1.29 is 9.90 Å². The number of hydrogen-bond acceptors (Lipinski definition) is 1. The molecular formula is C15H11ClO2. The van der Waals surface area contributed by atoms with Gasteiger partial charge < -0.3 is 5.11 Å². The number of benzene rings is 2. The Morgan fingerprint density at radius 2 is 1.33 bits per heavy atom. The van der Waals surface area contributed by atoms with E-state index in [0.29, 0.717) is 10.6 Å².